The molecule has 0 spiro atoms. The third-order valence-corrected chi connectivity index (χ3v) is 3.08. The summed E-state index contributed by atoms with van der Waals surface area (Å²) in [6.45, 7) is 5.46. The van der Waals surface area contributed by atoms with Gasteiger partial charge in [0, 0.05) is 4.43 Å². The zero-order valence-corrected chi connectivity index (χ0v) is 12.7. The minimum absolute atomic E-state index is 0.266. The van der Waals surface area contributed by atoms with Crippen LogP contribution in [0.3, 0.4) is 0 Å². The van der Waals surface area contributed by atoms with Gasteiger partial charge in [-0.15, -0.1) is 0 Å². The van der Waals surface area contributed by atoms with Gasteiger partial charge in [-0.1, -0.05) is 28.7 Å². The zero-order chi connectivity index (χ0) is 13.1. The number of carbonyl (C=O) groups excluding carboxylic acids is 1. The van der Waals surface area contributed by atoms with E-state index in [0.29, 0.717) is 11.5 Å². The standard InChI is InChI=1S/C13H17IO3/c1-13(2,3)12(15)17-10-6-5-9(8-14)7-11(10)16-4/h5-7H,8H2,1-4H3. The molecule has 4 heteroatoms. The smallest absolute Gasteiger partial charge is 0.316 e. The maximum atomic E-state index is 11.8. The highest BCUT2D eigenvalue weighted by Gasteiger charge is 2.24. The van der Waals surface area contributed by atoms with Crippen molar-refractivity contribution in [1.29, 1.82) is 0 Å². The minimum atomic E-state index is -0.521. The summed E-state index contributed by atoms with van der Waals surface area (Å²) in [5.74, 6) is 0.802. The van der Waals surface area contributed by atoms with Gasteiger partial charge in [0.25, 0.3) is 0 Å². The first-order valence-corrected chi connectivity index (χ1v) is 6.86. The molecule has 1 rings (SSSR count). The predicted molar refractivity (Wildman–Crippen MR) is 75.8 cm³/mol. The molecule has 3 nitrogen and oxygen atoms in total. The number of rotatable bonds is 3. The summed E-state index contributed by atoms with van der Waals surface area (Å²) in [5, 5.41) is 0. The van der Waals surface area contributed by atoms with Crippen molar-refractivity contribution in [2.24, 2.45) is 5.41 Å². The fraction of sp³-hybridized carbons (Fsp3) is 0.462. The fourth-order valence-electron chi connectivity index (χ4n) is 1.13. The molecule has 1 aromatic rings. The first-order valence-electron chi connectivity index (χ1n) is 5.33. The van der Waals surface area contributed by atoms with Crippen LogP contribution >= 0.6 is 22.6 Å². The lowest BCUT2D eigenvalue weighted by atomic mass is 9.97. The van der Waals surface area contributed by atoms with E-state index in [-0.39, 0.29) is 5.97 Å². The summed E-state index contributed by atoms with van der Waals surface area (Å²) in [7, 11) is 1.57. The van der Waals surface area contributed by atoms with E-state index in [4.69, 9.17) is 9.47 Å². The fourth-order valence-corrected chi connectivity index (χ4v) is 1.61. The highest BCUT2D eigenvalue weighted by molar-refractivity contribution is 14.1. The predicted octanol–water partition coefficient (Wildman–Crippen LogP) is 3.58. The number of carbonyl (C=O) groups is 1. The maximum Gasteiger partial charge on any atom is 0.316 e. The van der Waals surface area contributed by atoms with E-state index >= 15 is 0 Å². The molecule has 0 N–H and O–H groups in total. The number of methoxy groups -OCH3 is 1. The molecule has 0 fully saturated rings. The average Bonchev–Trinajstić information content (AvgIpc) is 2.28. The lowest BCUT2D eigenvalue weighted by molar-refractivity contribution is -0.143. The summed E-state index contributed by atoms with van der Waals surface area (Å²) in [6.07, 6.45) is 0. The van der Waals surface area contributed by atoms with Crippen LogP contribution in [0.25, 0.3) is 0 Å². The van der Waals surface area contributed by atoms with Crippen molar-refractivity contribution in [3.8, 4) is 11.5 Å². The van der Waals surface area contributed by atoms with Gasteiger partial charge in [0.05, 0.1) is 12.5 Å². The molecule has 0 aromatic heterocycles. The maximum absolute atomic E-state index is 11.8. The molecule has 0 atom stereocenters. The van der Waals surface area contributed by atoms with Gasteiger partial charge in [-0.2, -0.15) is 0 Å². The van der Waals surface area contributed by atoms with Crippen LogP contribution in [0.1, 0.15) is 26.3 Å². The third kappa shape index (κ3) is 3.87. The van der Waals surface area contributed by atoms with E-state index < -0.39 is 5.41 Å². The van der Waals surface area contributed by atoms with Crippen molar-refractivity contribution in [2.75, 3.05) is 7.11 Å². The first kappa shape index (κ1) is 14.3. The normalized spacial score (nSPS) is 11.1. The summed E-state index contributed by atoms with van der Waals surface area (Å²) >= 11 is 2.27. The van der Waals surface area contributed by atoms with E-state index in [1.165, 1.54) is 0 Å². The van der Waals surface area contributed by atoms with Crippen LogP contribution in [-0.4, -0.2) is 13.1 Å². The van der Waals surface area contributed by atoms with E-state index in [0.717, 1.165) is 9.99 Å². The largest absolute Gasteiger partial charge is 0.493 e. The van der Waals surface area contributed by atoms with Crippen LogP contribution in [0.15, 0.2) is 18.2 Å². The molecule has 0 saturated carbocycles. The Kier molecular flexibility index (Phi) is 4.80. The van der Waals surface area contributed by atoms with Crippen LogP contribution < -0.4 is 9.47 Å². The number of hydrogen-bond acceptors (Lipinski definition) is 3. The molecule has 0 aliphatic rings. The van der Waals surface area contributed by atoms with E-state index in [1.807, 2.05) is 32.9 Å². The highest BCUT2D eigenvalue weighted by Crippen LogP contribution is 2.30. The molecular weight excluding hydrogens is 331 g/mol. The van der Waals surface area contributed by atoms with Gasteiger partial charge >= 0.3 is 5.97 Å². The van der Waals surface area contributed by atoms with E-state index in [1.54, 1.807) is 13.2 Å². The molecule has 0 saturated heterocycles. The monoisotopic (exact) mass is 348 g/mol. The second-order valence-corrected chi connectivity index (χ2v) is 5.52. The molecule has 94 valence electrons. The van der Waals surface area contributed by atoms with Crippen LogP contribution in [0.2, 0.25) is 0 Å². The van der Waals surface area contributed by atoms with Crippen molar-refractivity contribution in [3.63, 3.8) is 0 Å². The average molecular weight is 348 g/mol. The lowest BCUT2D eigenvalue weighted by Crippen LogP contribution is -2.25. The summed E-state index contributed by atoms with van der Waals surface area (Å²) in [4.78, 5) is 11.8. The molecule has 0 heterocycles. The Morgan fingerprint density at radius 2 is 1.94 bits per heavy atom. The van der Waals surface area contributed by atoms with Crippen LogP contribution in [0.4, 0.5) is 0 Å². The van der Waals surface area contributed by atoms with Crippen molar-refractivity contribution in [3.05, 3.63) is 23.8 Å². The Morgan fingerprint density at radius 3 is 2.41 bits per heavy atom. The number of alkyl halides is 1. The van der Waals surface area contributed by atoms with E-state index in [2.05, 4.69) is 22.6 Å². The van der Waals surface area contributed by atoms with Crippen molar-refractivity contribution >= 4 is 28.6 Å². The van der Waals surface area contributed by atoms with Gasteiger partial charge in [-0.05, 0) is 38.5 Å². The van der Waals surface area contributed by atoms with Gasteiger partial charge in [0.1, 0.15) is 0 Å². The van der Waals surface area contributed by atoms with Gasteiger partial charge in [0.2, 0.25) is 0 Å². The number of benzene rings is 1. The number of ether oxygens (including phenoxy) is 2. The molecule has 1 aromatic carbocycles. The summed E-state index contributed by atoms with van der Waals surface area (Å²) < 4.78 is 11.4. The topological polar surface area (TPSA) is 35.5 Å². The Morgan fingerprint density at radius 1 is 1.29 bits per heavy atom. The Balaban J connectivity index is 2.95. The van der Waals surface area contributed by atoms with Crippen LogP contribution in [0.5, 0.6) is 11.5 Å². The molecule has 17 heavy (non-hydrogen) atoms. The molecule has 0 aliphatic heterocycles. The van der Waals surface area contributed by atoms with E-state index in [9.17, 15) is 4.79 Å². The SMILES string of the molecule is COc1cc(CI)ccc1OC(=O)C(C)(C)C. The number of halogens is 1. The van der Waals surface area contributed by atoms with Gasteiger partial charge in [-0.25, -0.2) is 0 Å². The Labute approximate surface area is 116 Å². The minimum Gasteiger partial charge on any atom is -0.493 e. The Bertz CT molecular complexity index is 408. The van der Waals surface area contributed by atoms with Gasteiger partial charge < -0.3 is 9.47 Å². The second-order valence-electron chi connectivity index (χ2n) is 4.76. The molecule has 0 bridgehead atoms. The zero-order valence-electron chi connectivity index (χ0n) is 10.5. The molecule has 0 aliphatic carbocycles. The quantitative estimate of drug-likeness (QED) is 0.363. The molecule has 0 unspecified atom stereocenters. The molecule has 0 radical (unpaired) electrons. The first-order chi connectivity index (χ1) is 7.88. The van der Waals surface area contributed by atoms with Crippen molar-refractivity contribution in [2.45, 2.75) is 25.2 Å². The molecule has 0 amide bonds. The second kappa shape index (κ2) is 5.71. The highest BCUT2D eigenvalue weighted by atomic mass is 127. The van der Waals surface area contributed by atoms with Crippen LogP contribution in [0, 0.1) is 5.41 Å². The van der Waals surface area contributed by atoms with Crippen molar-refractivity contribution < 1.29 is 14.3 Å². The Hall–Kier alpha value is -0.780. The summed E-state index contributed by atoms with van der Waals surface area (Å²) in [6, 6.07) is 5.59. The molecular formula is C13H17IO3. The number of hydrogen-bond donors (Lipinski definition) is 0. The van der Waals surface area contributed by atoms with Gasteiger partial charge in [0.15, 0.2) is 11.5 Å². The third-order valence-electron chi connectivity index (χ3n) is 2.20. The lowest BCUT2D eigenvalue weighted by Gasteiger charge is -2.17. The van der Waals surface area contributed by atoms with Crippen molar-refractivity contribution in [1.82, 2.24) is 0 Å². The van der Waals surface area contributed by atoms with Crippen LogP contribution in [-0.2, 0) is 9.22 Å². The van der Waals surface area contributed by atoms with Gasteiger partial charge in [-0.3, -0.25) is 4.79 Å². The number of esters is 1. The summed E-state index contributed by atoms with van der Waals surface area (Å²) in [5.41, 5.74) is 0.616.